The highest BCUT2D eigenvalue weighted by atomic mass is 16.3. The summed E-state index contributed by atoms with van der Waals surface area (Å²) >= 11 is 0. The van der Waals surface area contributed by atoms with Gasteiger partial charge in [-0.25, -0.2) is 4.79 Å². The van der Waals surface area contributed by atoms with E-state index >= 15 is 0 Å². The molecule has 0 aromatic heterocycles. The van der Waals surface area contributed by atoms with Crippen molar-refractivity contribution in [3.8, 4) is 0 Å². The fourth-order valence-electron chi connectivity index (χ4n) is 3.01. The Labute approximate surface area is 139 Å². The Morgan fingerprint density at radius 2 is 2.09 bits per heavy atom. The number of benzene rings is 1. The van der Waals surface area contributed by atoms with E-state index in [1.807, 2.05) is 18.2 Å². The van der Waals surface area contributed by atoms with Crippen LogP contribution >= 0.6 is 0 Å². The quantitative estimate of drug-likeness (QED) is 0.746. The zero-order valence-corrected chi connectivity index (χ0v) is 14.5. The summed E-state index contributed by atoms with van der Waals surface area (Å²) in [5, 5.41) is 15.3. The average molecular weight is 316 g/mol. The summed E-state index contributed by atoms with van der Waals surface area (Å²) in [7, 11) is 0. The Bertz CT molecular complexity index is 575. The molecule has 0 bridgehead atoms. The first-order chi connectivity index (χ1) is 10.8. The van der Waals surface area contributed by atoms with Gasteiger partial charge in [-0.15, -0.1) is 0 Å². The van der Waals surface area contributed by atoms with Gasteiger partial charge < -0.3 is 15.7 Å². The van der Waals surface area contributed by atoms with Gasteiger partial charge in [0.05, 0.1) is 6.04 Å². The van der Waals surface area contributed by atoms with Gasteiger partial charge in [0.25, 0.3) is 0 Å². The second kappa shape index (κ2) is 7.18. The molecule has 0 aliphatic heterocycles. The van der Waals surface area contributed by atoms with Gasteiger partial charge in [0, 0.05) is 18.6 Å². The number of rotatable bonds is 4. The Morgan fingerprint density at radius 1 is 1.35 bits per heavy atom. The Balaban J connectivity index is 2.04. The second-order valence-corrected chi connectivity index (χ2v) is 7.50. The molecule has 3 atom stereocenters. The van der Waals surface area contributed by atoms with Crippen LogP contribution < -0.4 is 10.6 Å². The summed E-state index contributed by atoms with van der Waals surface area (Å²) < 4.78 is 0. The van der Waals surface area contributed by atoms with E-state index < -0.39 is 0 Å². The second-order valence-electron chi connectivity index (χ2n) is 7.50. The predicted octanol–water partition coefficient (Wildman–Crippen LogP) is 3.32. The third-order valence-electron chi connectivity index (χ3n) is 4.24. The zero-order valence-electron chi connectivity index (χ0n) is 14.5. The lowest BCUT2D eigenvalue weighted by Crippen LogP contribution is -2.45. The smallest absolute Gasteiger partial charge is 0.315 e. The van der Waals surface area contributed by atoms with Crippen LogP contribution in [0.2, 0.25) is 0 Å². The molecule has 0 radical (unpaired) electrons. The highest BCUT2D eigenvalue weighted by Gasteiger charge is 2.29. The predicted molar refractivity (Wildman–Crippen MR) is 93.2 cm³/mol. The Morgan fingerprint density at radius 3 is 2.65 bits per heavy atom. The van der Waals surface area contributed by atoms with Crippen molar-refractivity contribution in [1.82, 2.24) is 10.6 Å². The maximum absolute atomic E-state index is 12.4. The molecule has 0 saturated carbocycles. The van der Waals surface area contributed by atoms with Crippen molar-refractivity contribution in [2.75, 3.05) is 6.61 Å². The van der Waals surface area contributed by atoms with E-state index in [-0.39, 0.29) is 36.1 Å². The van der Waals surface area contributed by atoms with Crippen LogP contribution in [0.15, 0.2) is 36.4 Å². The molecule has 2 amide bonds. The van der Waals surface area contributed by atoms with Gasteiger partial charge in [-0.05, 0) is 24.3 Å². The third-order valence-corrected chi connectivity index (χ3v) is 4.24. The molecule has 1 aromatic rings. The van der Waals surface area contributed by atoms with Crippen molar-refractivity contribution in [3.05, 3.63) is 47.5 Å². The number of carbonyl (C=O) groups excluding carboxylic acids is 1. The number of aliphatic hydroxyl groups is 1. The summed E-state index contributed by atoms with van der Waals surface area (Å²) in [4.78, 5) is 12.4. The fraction of sp³-hybridized carbons (Fsp3) is 0.526. The van der Waals surface area contributed by atoms with Gasteiger partial charge in [0.1, 0.15) is 0 Å². The van der Waals surface area contributed by atoms with Crippen molar-refractivity contribution >= 4 is 6.03 Å². The number of amides is 2. The molecule has 0 fully saturated rings. The summed E-state index contributed by atoms with van der Waals surface area (Å²) in [6, 6.07) is 8.01. The molecular formula is C19H28N2O2. The van der Waals surface area contributed by atoms with Crippen LogP contribution in [-0.4, -0.2) is 23.8 Å². The van der Waals surface area contributed by atoms with Gasteiger partial charge in [-0.2, -0.15) is 0 Å². The molecule has 23 heavy (non-hydrogen) atoms. The van der Waals surface area contributed by atoms with Crippen LogP contribution in [0.5, 0.6) is 0 Å². The molecule has 3 N–H and O–H groups in total. The molecule has 1 aromatic carbocycles. The molecule has 1 aliphatic carbocycles. The molecule has 2 rings (SSSR count). The van der Waals surface area contributed by atoms with Gasteiger partial charge >= 0.3 is 6.03 Å². The Hall–Kier alpha value is -1.81. The molecule has 0 saturated heterocycles. The molecule has 0 spiro atoms. The maximum atomic E-state index is 12.4. The van der Waals surface area contributed by atoms with E-state index in [1.54, 1.807) is 0 Å². The van der Waals surface area contributed by atoms with E-state index in [0.717, 1.165) is 12.0 Å². The average Bonchev–Trinajstić information content (AvgIpc) is 2.91. The minimum atomic E-state index is -0.167. The SMILES string of the molecule is Cc1cccc(C(NC(=O)N[C@@H]2C=C[C@H](CO)C2)C(C)(C)C)c1. The van der Waals surface area contributed by atoms with E-state index in [4.69, 9.17) is 5.11 Å². The van der Waals surface area contributed by atoms with Crippen LogP contribution in [0, 0.1) is 18.3 Å². The third kappa shape index (κ3) is 4.83. The summed E-state index contributed by atoms with van der Waals surface area (Å²) in [6.45, 7) is 8.55. The van der Waals surface area contributed by atoms with Crippen LogP contribution in [0.4, 0.5) is 4.79 Å². The van der Waals surface area contributed by atoms with Crippen molar-refractivity contribution in [1.29, 1.82) is 0 Å². The highest BCUT2D eigenvalue weighted by Crippen LogP contribution is 2.33. The molecule has 4 heteroatoms. The molecular weight excluding hydrogens is 288 g/mol. The van der Waals surface area contributed by atoms with Gasteiger partial charge in [0.15, 0.2) is 0 Å². The van der Waals surface area contributed by atoms with Crippen LogP contribution in [0.1, 0.15) is 44.4 Å². The monoisotopic (exact) mass is 316 g/mol. The van der Waals surface area contributed by atoms with Crippen molar-refractivity contribution in [2.45, 2.75) is 46.2 Å². The number of nitrogens with one attached hydrogen (secondary N) is 2. The number of carbonyl (C=O) groups is 1. The normalized spacial score (nSPS) is 22.0. The first kappa shape index (κ1) is 17.5. The number of hydrogen-bond donors (Lipinski definition) is 3. The summed E-state index contributed by atoms with van der Waals surface area (Å²) in [5.74, 6) is 0.149. The molecule has 4 nitrogen and oxygen atoms in total. The summed E-state index contributed by atoms with van der Waals surface area (Å²) in [6.07, 6.45) is 4.68. The van der Waals surface area contributed by atoms with Crippen LogP contribution in [0.25, 0.3) is 0 Å². The summed E-state index contributed by atoms with van der Waals surface area (Å²) in [5.41, 5.74) is 2.20. The largest absolute Gasteiger partial charge is 0.396 e. The lowest BCUT2D eigenvalue weighted by atomic mass is 9.82. The van der Waals surface area contributed by atoms with Gasteiger partial charge in [-0.1, -0.05) is 62.8 Å². The van der Waals surface area contributed by atoms with E-state index in [9.17, 15) is 4.79 Å². The Kier molecular flexibility index (Phi) is 5.47. The number of urea groups is 1. The van der Waals surface area contributed by atoms with Crippen molar-refractivity contribution in [2.24, 2.45) is 11.3 Å². The van der Waals surface area contributed by atoms with Crippen LogP contribution in [-0.2, 0) is 0 Å². The first-order valence-corrected chi connectivity index (χ1v) is 8.22. The van der Waals surface area contributed by atoms with Gasteiger partial charge in [0.2, 0.25) is 0 Å². The van der Waals surface area contributed by atoms with Crippen LogP contribution in [0.3, 0.4) is 0 Å². The lowest BCUT2D eigenvalue weighted by molar-refractivity contribution is 0.213. The number of hydrogen-bond acceptors (Lipinski definition) is 2. The molecule has 126 valence electrons. The van der Waals surface area contributed by atoms with Crippen molar-refractivity contribution in [3.63, 3.8) is 0 Å². The first-order valence-electron chi connectivity index (χ1n) is 8.22. The molecule has 1 unspecified atom stereocenters. The topological polar surface area (TPSA) is 61.4 Å². The van der Waals surface area contributed by atoms with Crippen molar-refractivity contribution < 1.29 is 9.90 Å². The number of aryl methyl sites for hydroxylation is 1. The van der Waals surface area contributed by atoms with E-state index in [2.05, 4.69) is 56.5 Å². The number of aliphatic hydroxyl groups excluding tert-OH is 1. The standard InChI is InChI=1S/C19H28N2O2/c1-13-6-5-7-15(10-13)17(19(2,3)4)21-18(23)20-16-9-8-14(11-16)12-22/h5-10,14,16-17,22H,11-12H2,1-4H3,(H2,20,21,23)/t14-,16+,17?/m0/s1. The minimum absolute atomic E-state index is 0.00900. The highest BCUT2D eigenvalue weighted by molar-refractivity contribution is 5.75. The maximum Gasteiger partial charge on any atom is 0.315 e. The minimum Gasteiger partial charge on any atom is -0.396 e. The fourth-order valence-corrected chi connectivity index (χ4v) is 3.01. The van der Waals surface area contributed by atoms with E-state index in [0.29, 0.717) is 0 Å². The van der Waals surface area contributed by atoms with E-state index in [1.165, 1.54) is 5.56 Å². The zero-order chi connectivity index (χ0) is 17.0. The van der Waals surface area contributed by atoms with Gasteiger partial charge in [-0.3, -0.25) is 0 Å². The molecule has 0 heterocycles. The molecule has 1 aliphatic rings. The lowest BCUT2D eigenvalue weighted by Gasteiger charge is -2.32.